The van der Waals surface area contributed by atoms with Gasteiger partial charge < -0.3 is 83.6 Å². The number of phosphoric ester groups is 2. The van der Waals surface area contributed by atoms with Gasteiger partial charge in [-0.15, -0.1) is 0 Å². The number of ether oxygens (including phenoxy) is 5. The van der Waals surface area contributed by atoms with Gasteiger partial charge >= 0.3 is 34.4 Å². The highest BCUT2D eigenvalue weighted by molar-refractivity contribution is 7.64. The number of methoxy groups -OCH3 is 2. The normalized spacial score (nSPS) is 30.4. The number of nitrogen functional groups attached to an aromatic ring is 2. The summed E-state index contributed by atoms with van der Waals surface area (Å²) in [6, 6.07) is 0.926. The van der Waals surface area contributed by atoms with E-state index in [0.29, 0.717) is 0 Å². The van der Waals surface area contributed by atoms with Crippen LogP contribution >= 0.6 is 30.8 Å². The molecule has 0 radical (unpaired) electrons. The van der Waals surface area contributed by atoms with E-state index < -0.39 is 153 Å². The van der Waals surface area contributed by atoms with Crippen molar-refractivity contribution < 1.29 is 104 Å². The van der Waals surface area contributed by atoms with E-state index in [-0.39, 0.29) is 40.7 Å². The first-order valence-corrected chi connectivity index (χ1v) is 28.3. The first kappa shape index (κ1) is 56.6. The molecule has 40 heteroatoms. The van der Waals surface area contributed by atoms with Gasteiger partial charge in [0.25, 0.3) is 24.9 Å². The maximum Gasteiger partial charge on any atom is 0.479 e. The number of aliphatic hydroxyl groups is 3. The molecule has 0 bridgehead atoms. The molecule has 0 aliphatic carbocycles. The summed E-state index contributed by atoms with van der Waals surface area (Å²) in [6.45, 7) is -3.09. The molecule has 3 fully saturated rings. The number of anilines is 2. The minimum atomic E-state index is -5.72. The van der Waals surface area contributed by atoms with E-state index in [9.17, 15) is 67.5 Å². The van der Waals surface area contributed by atoms with Crippen LogP contribution in [0.5, 0.6) is 0 Å². The molecule has 3 aliphatic rings. The number of nitrogens with zero attached hydrogens (tertiary/aromatic N) is 8. The molecule has 414 valence electrons. The third-order valence-corrected chi connectivity index (χ3v) is 17.8. The van der Waals surface area contributed by atoms with Crippen LogP contribution in [0.15, 0.2) is 45.6 Å². The Labute approximate surface area is 418 Å². The number of H-pyrrole nitrogens is 2. The first-order valence-electron chi connectivity index (χ1n) is 21.9. The third kappa shape index (κ3) is 12.3. The molecular formula is C35H50N12O24P4. The highest BCUT2D eigenvalue weighted by Gasteiger charge is 2.52. The zero-order chi connectivity index (χ0) is 54.5. The van der Waals surface area contributed by atoms with Crippen molar-refractivity contribution in [2.24, 2.45) is 13.0 Å². The number of hydrogen-bond donors (Lipinski definition) is 10. The largest absolute Gasteiger partial charge is 0.756 e. The van der Waals surface area contributed by atoms with Crippen molar-refractivity contribution in [2.75, 3.05) is 64.4 Å². The van der Waals surface area contributed by atoms with Crippen LogP contribution in [-0.2, 0) is 71.4 Å². The van der Waals surface area contributed by atoms with Crippen LogP contribution in [0.4, 0.5) is 11.8 Å². The van der Waals surface area contributed by atoms with E-state index in [1.165, 1.54) is 34.2 Å². The quantitative estimate of drug-likeness (QED) is 0.0231. The fraction of sp³-hybridized carbons (Fsp3) is 0.600. The van der Waals surface area contributed by atoms with Crippen LogP contribution in [0.3, 0.4) is 0 Å². The molecule has 5 aromatic rings. The minimum absolute atomic E-state index is 0.0238. The van der Waals surface area contributed by atoms with E-state index >= 15 is 0 Å². The predicted octanol–water partition coefficient (Wildman–Crippen LogP) is -4.45. The number of aliphatic hydroxyl groups excluding tert-OH is 3. The number of nitrogens with two attached hydrogens (primary N) is 2. The van der Waals surface area contributed by atoms with Gasteiger partial charge in [0.15, 0.2) is 30.2 Å². The van der Waals surface area contributed by atoms with Crippen molar-refractivity contribution in [1.29, 1.82) is 0 Å². The van der Waals surface area contributed by atoms with E-state index in [1.54, 1.807) is 0 Å². The van der Waals surface area contributed by atoms with Gasteiger partial charge in [-0.3, -0.25) is 51.5 Å². The molecular weight excluding hydrogens is 1100 g/mol. The Bertz CT molecular complexity index is 3280. The summed E-state index contributed by atoms with van der Waals surface area (Å²) in [5.41, 5.74) is 9.47. The summed E-state index contributed by atoms with van der Waals surface area (Å²) in [5.74, 6) is -1.22. The van der Waals surface area contributed by atoms with Crippen molar-refractivity contribution in [2.45, 2.75) is 67.5 Å². The Morgan fingerprint density at radius 3 is 2.21 bits per heavy atom. The molecule has 16 atom stereocenters. The number of aromatic amines is 2. The Morgan fingerprint density at radius 1 is 0.813 bits per heavy atom. The fourth-order valence-corrected chi connectivity index (χ4v) is 14.1. The lowest BCUT2D eigenvalue weighted by Gasteiger charge is -2.31. The van der Waals surface area contributed by atoms with Gasteiger partial charge in [-0.25, -0.2) is 33.2 Å². The third-order valence-electron chi connectivity index (χ3n) is 12.0. The van der Waals surface area contributed by atoms with Crippen LogP contribution in [0.1, 0.15) is 18.7 Å². The zero-order valence-corrected chi connectivity index (χ0v) is 42.7. The highest BCUT2D eigenvalue weighted by Crippen LogP contribution is 2.62. The summed E-state index contributed by atoms with van der Waals surface area (Å²) in [5, 5.41) is 32.5. The van der Waals surface area contributed by atoms with Crippen molar-refractivity contribution in [3.05, 3.63) is 62.4 Å². The van der Waals surface area contributed by atoms with E-state index in [1.807, 2.05) is 4.98 Å². The molecule has 5 unspecified atom stereocenters. The van der Waals surface area contributed by atoms with Crippen molar-refractivity contribution in [1.82, 2.24) is 43.6 Å². The lowest BCUT2D eigenvalue weighted by molar-refractivity contribution is -0.745. The molecule has 0 aromatic carbocycles. The van der Waals surface area contributed by atoms with E-state index in [4.69, 9.17) is 53.2 Å². The Morgan fingerprint density at radius 2 is 1.51 bits per heavy atom. The summed E-state index contributed by atoms with van der Waals surface area (Å²) in [6.07, 6.45) is -15.3. The molecule has 75 heavy (non-hydrogen) atoms. The average Bonchev–Trinajstić information content (AvgIpc) is 4.13. The summed E-state index contributed by atoms with van der Waals surface area (Å²) >= 11 is 0. The van der Waals surface area contributed by atoms with Crippen molar-refractivity contribution in [3.8, 4) is 0 Å². The Kier molecular flexibility index (Phi) is 16.6. The number of aryl methyl sites for hydroxylation is 1. The maximum absolute atomic E-state index is 13.5. The second-order valence-electron chi connectivity index (χ2n) is 17.0. The van der Waals surface area contributed by atoms with Gasteiger partial charge in [0.05, 0.1) is 58.2 Å². The average molecular weight is 1150 g/mol. The van der Waals surface area contributed by atoms with E-state index in [0.717, 1.165) is 36.6 Å². The summed E-state index contributed by atoms with van der Waals surface area (Å²) in [7, 11) is -17.7. The van der Waals surface area contributed by atoms with Gasteiger partial charge in [0.1, 0.15) is 54.6 Å². The minimum Gasteiger partial charge on any atom is -0.756 e. The van der Waals surface area contributed by atoms with Gasteiger partial charge in [-0.2, -0.15) is 0 Å². The first-order chi connectivity index (χ1) is 35.2. The number of rotatable bonds is 22. The topological polar surface area (TPSA) is 510 Å². The SMILES string of the molecule is COC[C@H]1[C@@H](O)[C@H]([n+]2cn(C)c3c(=O)[nH]c(N)nc32)O[C@@H]1COP(=O)(O)CCP(=O)(O)OP(=O)(O)OCC1O[C@@H](n2cnc3c(N)ncnc32)[C@H](OC)[C@@H]1OP(=O)([O-])OC[C@H]1O[C@@H](n2ccc(=O)[nH]c2=O)[C@H](O)[C@@H]1O. The molecule has 8 heterocycles. The van der Waals surface area contributed by atoms with Gasteiger partial charge in [0.2, 0.25) is 11.7 Å². The molecule has 36 nitrogen and oxygen atoms in total. The van der Waals surface area contributed by atoms with Gasteiger partial charge in [-0.1, -0.05) is 4.98 Å². The second kappa shape index (κ2) is 22.0. The van der Waals surface area contributed by atoms with Crippen LogP contribution < -0.4 is 37.7 Å². The van der Waals surface area contributed by atoms with Crippen LogP contribution in [0.25, 0.3) is 22.3 Å². The van der Waals surface area contributed by atoms with Crippen LogP contribution in [0.2, 0.25) is 0 Å². The number of aromatic nitrogens is 10. The molecule has 12 N–H and O–H groups in total. The maximum atomic E-state index is 13.5. The summed E-state index contributed by atoms with van der Waals surface area (Å²) < 4.78 is 111. The number of hydrogen-bond acceptors (Lipinski definition) is 27. The lowest BCUT2D eigenvalue weighted by atomic mass is 9.99. The number of imidazole rings is 2. The Hall–Kier alpha value is -4.58. The standard InChI is InChI=1S/C35H50N12O24P4/c1-44-14-47(29-21(44)30(52)43-34(37)42-29)31-22(49)15(8-62-2)16(67-31)9-64-72(54,55)6-7-73(56,57)71-75(60,61)66-11-18-25(26(63-3)33(69-18)46-13-40-20-27(36)38-12-39-28(20)46)70-74(58,59)65-10-17-23(50)24(51)32(68-17)45-5-4-19(48)41-35(45)53/h4-5,12-18,22-26,31-33,49-51H,6-11H2,1-3H3,(H9-,36,37,38,39,41,42,43,48,52,53,54,55,56,57,58,59,60,61)/t15-,16-,17-,18?,22-,23-,24-,25-,26-,31-,32-,33-/m1/s1. The highest BCUT2D eigenvalue weighted by atomic mass is 31.3. The molecule has 0 saturated carbocycles. The monoisotopic (exact) mass is 1150 g/mol. The molecule has 0 spiro atoms. The second-order valence-corrected chi connectivity index (χ2v) is 23.9. The predicted molar refractivity (Wildman–Crippen MR) is 244 cm³/mol. The molecule has 5 aromatic heterocycles. The van der Waals surface area contributed by atoms with Crippen molar-refractivity contribution >= 4 is 64.9 Å². The number of fused-ring (bicyclic) bond motifs is 2. The van der Waals surface area contributed by atoms with Crippen molar-refractivity contribution in [3.63, 3.8) is 0 Å². The molecule has 0 amide bonds. The van der Waals surface area contributed by atoms with E-state index in [2.05, 4.69) is 29.2 Å². The number of nitrogens with one attached hydrogen (secondary N) is 2. The van der Waals surface area contributed by atoms with Crippen LogP contribution in [-0.4, -0.2) is 175 Å². The molecule has 3 saturated heterocycles. The fourth-order valence-electron chi connectivity index (χ4n) is 8.51. The smallest absolute Gasteiger partial charge is 0.479 e. The molecule has 8 rings (SSSR count). The van der Waals surface area contributed by atoms with Crippen LogP contribution in [0, 0.1) is 5.92 Å². The zero-order valence-electron chi connectivity index (χ0n) is 39.1. The van der Waals surface area contributed by atoms with Gasteiger partial charge in [-0.05, 0) is 0 Å². The number of phosphoric acid groups is 2. The Balaban J connectivity index is 0.915. The summed E-state index contributed by atoms with van der Waals surface area (Å²) in [4.78, 5) is 102. The molecule has 3 aliphatic heterocycles. The van der Waals surface area contributed by atoms with Gasteiger partial charge in [0, 0.05) is 32.4 Å². The lowest BCUT2D eigenvalue weighted by Crippen LogP contribution is -2.45.